The molecule has 1 aliphatic rings. The molecule has 39 heavy (non-hydrogen) atoms. The Morgan fingerprint density at radius 1 is 1.10 bits per heavy atom. The van der Waals surface area contributed by atoms with E-state index >= 15 is 4.39 Å². The van der Waals surface area contributed by atoms with E-state index in [2.05, 4.69) is 5.32 Å². The summed E-state index contributed by atoms with van der Waals surface area (Å²) in [6.45, 7) is 0.0416. The maximum atomic E-state index is 15.1. The van der Waals surface area contributed by atoms with Gasteiger partial charge >= 0.3 is 0 Å². The number of ether oxygens (including phenoxy) is 1. The number of allylic oxidation sites excluding steroid dienone is 1. The van der Waals surface area contributed by atoms with Gasteiger partial charge < -0.3 is 20.1 Å². The summed E-state index contributed by atoms with van der Waals surface area (Å²) in [7, 11) is 1.44. The Kier molecular flexibility index (Phi) is 9.49. The first-order valence-corrected chi connectivity index (χ1v) is 13.7. The number of nitrogens with one attached hydrogen (secondary N) is 1. The molecule has 0 saturated heterocycles. The van der Waals surface area contributed by atoms with Crippen molar-refractivity contribution in [3.63, 3.8) is 0 Å². The zero-order valence-electron chi connectivity index (χ0n) is 21.6. The Morgan fingerprint density at radius 2 is 1.87 bits per heavy atom. The van der Waals surface area contributed by atoms with E-state index in [1.54, 1.807) is 6.07 Å². The molecule has 1 heterocycles. The first kappa shape index (κ1) is 28.0. The molecule has 1 fully saturated rings. The Bertz CT molecular complexity index is 1330. The summed E-state index contributed by atoms with van der Waals surface area (Å²) < 4.78 is 20.1. The van der Waals surface area contributed by atoms with Crippen LogP contribution in [0.3, 0.4) is 0 Å². The standard InChI is InChI=1S/C30H31FN2O5S/c1-38-21-13-14-24(27(35)18-21)26(34)15-16-28(36)33(19-22-10-7-17-39-22)29(23-11-5-6-12-25(23)31)30(37)32-20-8-3-2-4-9-20/h5-7,10-18,20,29,35H,2-4,8-9,19H2,1H3,(H,32,37)/b16-15+/t29-/m0/s1. The maximum absolute atomic E-state index is 15.1. The molecule has 1 saturated carbocycles. The Hall–Kier alpha value is -3.98. The van der Waals surface area contributed by atoms with Gasteiger partial charge in [-0.05, 0) is 48.6 Å². The molecule has 7 nitrogen and oxygen atoms in total. The van der Waals surface area contributed by atoms with Crippen LogP contribution in [0.15, 0.2) is 72.1 Å². The minimum absolute atomic E-state index is 0.00893. The van der Waals surface area contributed by atoms with E-state index < -0.39 is 29.5 Å². The summed E-state index contributed by atoms with van der Waals surface area (Å²) in [5, 5.41) is 15.1. The van der Waals surface area contributed by atoms with Gasteiger partial charge in [0.05, 0.1) is 19.2 Å². The predicted molar refractivity (Wildman–Crippen MR) is 147 cm³/mol. The molecule has 9 heteroatoms. The van der Waals surface area contributed by atoms with E-state index in [9.17, 15) is 19.5 Å². The highest BCUT2D eigenvalue weighted by Crippen LogP contribution is 2.29. The number of nitrogens with zero attached hydrogens (tertiary/aromatic N) is 1. The zero-order chi connectivity index (χ0) is 27.8. The molecule has 2 amide bonds. The number of benzene rings is 2. The number of carbonyl (C=O) groups is 3. The fourth-order valence-electron chi connectivity index (χ4n) is 4.72. The van der Waals surface area contributed by atoms with Crippen molar-refractivity contribution in [2.75, 3.05) is 7.11 Å². The predicted octanol–water partition coefficient (Wildman–Crippen LogP) is 5.56. The van der Waals surface area contributed by atoms with Crippen molar-refractivity contribution in [3.8, 4) is 11.5 Å². The smallest absolute Gasteiger partial charge is 0.247 e. The Labute approximate surface area is 230 Å². The Morgan fingerprint density at radius 3 is 2.54 bits per heavy atom. The van der Waals surface area contributed by atoms with Gasteiger partial charge in [-0.15, -0.1) is 11.3 Å². The number of hydrogen-bond donors (Lipinski definition) is 2. The van der Waals surface area contributed by atoms with Gasteiger partial charge in [-0.25, -0.2) is 4.39 Å². The van der Waals surface area contributed by atoms with Gasteiger partial charge in [0.2, 0.25) is 11.8 Å². The molecular weight excluding hydrogens is 519 g/mol. The maximum Gasteiger partial charge on any atom is 0.247 e. The summed E-state index contributed by atoms with van der Waals surface area (Å²) in [5.41, 5.74) is 0.0635. The number of amides is 2. The minimum atomic E-state index is -1.25. The van der Waals surface area contributed by atoms with Crippen LogP contribution >= 0.6 is 11.3 Å². The molecule has 0 unspecified atom stereocenters. The SMILES string of the molecule is COc1ccc(C(=O)/C=C/C(=O)N(Cc2cccs2)[C@H](C(=O)NC2CCCCC2)c2ccccc2F)c(O)c1. The first-order chi connectivity index (χ1) is 18.9. The summed E-state index contributed by atoms with van der Waals surface area (Å²) >= 11 is 1.40. The molecule has 3 aromatic rings. The monoisotopic (exact) mass is 550 g/mol. The van der Waals surface area contributed by atoms with Crippen molar-refractivity contribution in [1.29, 1.82) is 0 Å². The lowest BCUT2D eigenvalue weighted by Gasteiger charge is -2.32. The van der Waals surface area contributed by atoms with E-state index in [4.69, 9.17) is 4.74 Å². The molecule has 1 aromatic heterocycles. The van der Waals surface area contributed by atoms with Crippen molar-refractivity contribution in [1.82, 2.24) is 10.2 Å². The highest BCUT2D eigenvalue weighted by Gasteiger charge is 2.34. The third-order valence-corrected chi connectivity index (χ3v) is 7.61. The summed E-state index contributed by atoms with van der Waals surface area (Å²) in [6.07, 6.45) is 6.86. The number of hydrogen-bond acceptors (Lipinski definition) is 6. The molecule has 0 bridgehead atoms. The fourth-order valence-corrected chi connectivity index (χ4v) is 5.42. The van der Waals surface area contributed by atoms with Crippen molar-refractivity contribution in [2.45, 2.75) is 50.7 Å². The van der Waals surface area contributed by atoms with Crippen LogP contribution in [0.4, 0.5) is 4.39 Å². The van der Waals surface area contributed by atoms with Crippen molar-refractivity contribution in [2.24, 2.45) is 0 Å². The number of thiophene rings is 1. The molecule has 1 aliphatic carbocycles. The summed E-state index contributed by atoms with van der Waals surface area (Å²) in [5.74, 6) is -2.23. The number of methoxy groups -OCH3 is 1. The number of halogens is 1. The zero-order valence-corrected chi connectivity index (χ0v) is 22.5. The number of phenolic OH excluding ortho intramolecular Hbond substituents is 1. The molecule has 0 aliphatic heterocycles. The number of phenols is 1. The average Bonchev–Trinajstić information content (AvgIpc) is 3.46. The van der Waals surface area contributed by atoms with Gasteiger partial charge in [-0.2, -0.15) is 0 Å². The topological polar surface area (TPSA) is 95.9 Å². The van der Waals surface area contributed by atoms with Gasteiger partial charge in [0, 0.05) is 28.6 Å². The van der Waals surface area contributed by atoms with Crippen LogP contribution in [-0.2, 0) is 16.1 Å². The van der Waals surface area contributed by atoms with Crippen molar-refractivity contribution < 1.29 is 28.6 Å². The molecule has 4 rings (SSSR count). The molecule has 0 radical (unpaired) electrons. The van der Waals surface area contributed by atoms with Gasteiger partial charge in [0.1, 0.15) is 23.4 Å². The van der Waals surface area contributed by atoms with Crippen LogP contribution in [-0.4, -0.2) is 40.8 Å². The van der Waals surface area contributed by atoms with Crippen molar-refractivity contribution >= 4 is 28.9 Å². The van der Waals surface area contributed by atoms with E-state index in [1.165, 1.54) is 59.7 Å². The van der Waals surface area contributed by atoms with Crippen LogP contribution in [0.25, 0.3) is 0 Å². The van der Waals surface area contributed by atoms with E-state index in [0.717, 1.165) is 49.1 Å². The van der Waals surface area contributed by atoms with Crippen LogP contribution in [0, 0.1) is 5.82 Å². The molecule has 1 atom stereocenters. The third kappa shape index (κ3) is 7.11. The highest BCUT2D eigenvalue weighted by atomic mass is 32.1. The lowest BCUT2D eigenvalue weighted by atomic mass is 9.94. The lowest BCUT2D eigenvalue weighted by molar-refractivity contribution is -0.138. The van der Waals surface area contributed by atoms with Crippen molar-refractivity contribution in [3.05, 3.63) is 94.0 Å². The number of aromatic hydroxyl groups is 1. The molecular formula is C30H31FN2O5S. The number of rotatable bonds is 10. The number of ketones is 1. The van der Waals surface area contributed by atoms with Gasteiger partial charge in [-0.1, -0.05) is 43.5 Å². The molecule has 2 N–H and O–H groups in total. The van der Waals surface area contributed by atoms with Gasteiger partial charge in [0.15, 0.2) is 5.78 Å². The largest absolute Gasteiger partial charge is 0.507 e. The average molecular weight is 551 g/mol. The molecule has 204 valence electrons. The third-order valence-electron chi connectivity index (χ3n) is 6.75. The fraction of sp³-hybridized carbons (Fsp3) is 0.300. The minimum Gasteiger partial charge on any atom is -0.507 e. The van der Waals surface area contributed by atoms with Crippen LogP contribution in [0.5, 0.6) is 11.5 Å². The van der Waals surface area contributed by atoms with E-state index in [-0.39, 0.29) is 29.5 Å². The van der Waals surface area contributed by atoms with Crippen LogP contribution in [0.1, 0.15) is 58.9 Å². The highest BCUT2D eigenvalue weighted by molar-refractivity contribution is 7.09. The number of carbonyl (C=O) groups excluding carboxylic acids is 3. The second-order valence-corrected chi connectivity index (χ2v) is 10.4. The molecule has 0 spiro atoms. The second-order valence-electron chi connectivity index (χ2n) is 9.39. The Balaban J connectivity index is 1.66. The first-order valence-electron chi connectivity index (χ1n) is 12.8. The lowest BCUT2D eigenvalue weighted by Crippen LogP contribution is -2.46. The normalized spacial score (nSPS) is 14.6. The summed E-state index contributed by atoms with van der Waals surface area (Å²) in [4.78, 5) is 42.2. The van der Waals surface area contributed by atoms with Crippen LogP contribution in [0.2, 0.25) is 0 Å². The van der Waals surface area contributed by atoms with E-state index in [1.807, 2.05) is 17.5 Å². The van der Waals surface area contributed by atoms with Gasteiger partial charge in [0.25, 0.3) is 0 Å². The summed E-state index contributed by atoms with van der Waals surface area (Å²) in [6, 6.07) is 12.5. The molecule has 2 aromatic carbocycles. The van der Waals surface area contributed by atoms with Crippen LogP contribution < -0.4 is 10.1 Å². The van der Waals surface area contributed by atoms with E-state index in [0.29, 0.717) is 5.75 Å². The second kappa shape index (κ2) is 13.2. The van der Waals surface area contributed by atoms with Gasteiger partial charge in [-0.3, -0.25) is 14.4 Å². The quantitative estimate of drug-likeness (QED) is 0.255.